The van der Waals surface area contributed by atoms with Gasteiger partial charge in [0, 0.05) is 16.5 Å². The van der Waals surface area contributed by atoms with E-state index in [1.54, 1.807) is 0 Å². The Balaban J connectivity index is 1.79. The van der Waals surface area contributed by atoms with Crippen LogP contribution in [-0.2, 0) is 11.3 Å². The Morgan fingerprint density at radius 3 is 2.63 bits per heavy atom. The van der Waals surface area contributed by atoms with Gasteiger partial charge in [-0.25, -0.2) is 4.98 Å². The van der Waals surface area contributed by atoms with Crippen LogP contribution in [0, 0.1) is 0 Å². The summed E-state index contributed by atoms with van der Waals surface area (Å²) in [7, 11) is 1.91. The van der Waals surface area contributed by atoms with Gasteiger partial charge in [0.2, 0.25) is 0 Å². The lowest BCUT2D eigenvalue weighted by molar-refractivity contribution is -0.886. The first-order valence-electron chi connectivity index (χ1n) is 8.91. The van der Waals surface area contributed by atoms with Gasteiger partial charge in [-0.05, 0) is 26.3 Å². The molecule has 0 saturated heterocycles. The number of nitrogens with zero attached hydrogens (tertiary/aromatic N) is 1. The molecule has 3 rings (SSSR count). The molecule has 3 aromatic rings. The Kier molecular flexibility index (Phi) is 5.43. The number of aromatic amines is 1. The molecule has 1 unspecified atom stereocenters. The van der Waals surface area contributed by atoms with Crippen molar-refractivity contribution in [1.82, 2.24) is 15.3 Å². The highest BCUT2D eigenvalue weighted by molar-refractivity contribution is 7.17. The fraction of sp³-hybridized carbons (Fsp3) is 0.350. The minimum absolute atomic E-state index is 0.0223. The first-order chi connectivity index (χ1) is 12.7. The van der Waals surface area contributed by atoms with Crippen LogP contribution in [0.4, 0.5) is 0 Å². The lowest BCUT2D eigenvalue weighted by atomic mass is 10.1. The molecule has 1 amide bonds. The van der Waals surface area contributed by atoms with E-state index in [1.165, 1.54) is 11.3 Å². The van der Waals surface area contributed by atoms with Crippen molar-refractivity contribution in [3.63, 3.8) is 0 Å². The molecule has 0 aliphatic heterocycles. The Labute approximate surface area is 162 Å². The van der Waals surface area contributed by atoms with Crippen LogP contribution in [0.2, 0.25) is 0 Å². The average molecular weight is 386 g/mol. The van der Waals surface area contributed by atoms with E-state index in [-0.39, 0.29) is 17.0 Å². The summed E-state index contributed by atoms with van der Waals surface area (Å²) in [5.41, 5.74) is 1.52. The molecule has 0 saturated carbocycles. The lowest BCUT2D eigenvalue weighted by Gasteiger charge is -2.21. The summed E-state index contributed by atoms with van der Waals surface area (Å²) in [5, 5.41) is 5.54. The number of nitrogens with one attached hydrogen (secondary N) is 3. The second kappa shape index (κ2) is 7.62. The third-order valence-corrected chi connectivity index (χ3v) is 4.90. The number of fused-ring (bicyclic) bond motifs is 1. The van der Waals surface area contributed by atoms with Gasteiger partial charge in [0.15, 0.2) is 12.4 Å². The molecule has 0 aliphatic carbocycles. The van der Waals surface area contributed by atoms with Gasteiger partial charge >= 0.3 is 0 Å². The Bertz CT molecular complexity index is 1000. The standard InChI is InChI=1S/C20H24N4O2S/c1-20(2,3)23-16(25)11-24(4)10-15-21-18(26)17-14(12-27-19(17)22-15)13-8-6-5-7-9-13/h5-9,12H,10-11H2,1-4H3,(H,23,25)(H,21,22,26)/p+1. The van der Waals surface area contributed by atoms with Gasteiger partial charge in [0.05, 0.1) is 12.4 Å². The number of quaternary nitrogens is 1. The number of amides is 1. The topological polar surface area (TPSA) is 79.3 Å². The molecule has 6 nitrogen and oxygen atoms in total. The maximum absolute atomic E-state index is 12.7. The molecule has 0 radical (unpaired) electrons. The van der Waals surface area contributed by atoms with E-state index in [0.717, 1.165) is 20.9 Å². The van der Waals surface area contributed by atoms with Crippen molar-refractivity contribution < 1.29 is 9.69 Å². The third kappa shape index (κ3) is 4.81. The van der Waals surface area contributed by atoms with E-state index in [1.807, 2.05) is 63.5 Å². The van der Waals surface area contributed by atoms with E-state index in [9.17, 15) is 9.59 Å². The minimum Gasteiger partial charge on any atom is -0.347 e. The number of aromatic nitrogens is 2. The Hall–Kier alpha value is -2.51. The van der Waals surface area contributed by atoms with Crippen molar-refractivity contribution in [2.45, 2.75) is 32.9 Å². The summed E-state index contributed by atoms with van der Waals surface area (Å²) in [6.07, 6.45) is 0. The number of carbonyl (C=O) groups excluding carboxylic acids is 1. The normalized spacial score (nSPS) is 12.9. The maximum atomic E-state index is 12.7. The highest BCUT2D eigenvalue weighted by atomic mass is 32.1. The Morgan fingerprint density at radius 2 is 1.96 bits per heavy atom. The summed E-state index contributed by atoms with van der Waals surface area (Å²) >= 11 is 1.47. The molecule has 2 aromatic heterocycles. The summed E-state index contributed by atoms with van der Waals surface area (Å²) in [6, 6.07) is 9.83. The van der Waals surface area contributed by atoms with Crippen LogP contribution in [0.5, 0.6) is 0 Å². The zero-order valence-electron chi connectivity index (χ0n) is 16.1. The van der Waals surface area contributed by atoms with E-state index in [4.69, 9.17) is 0 Å². The number of carbonyl (C=O) groups is 1. The van der Waals surface area contributed by atoms with Crippen molar-refractivity contribution in [1.29, 1.82) is 0 Å². The molecule has 27 heavy (non-hydrogen) atoms. The Morgan fingerprint density at radius 1 is 1.26 bits per heavy atom. The smallest absolute Gasteiger partial charge is 0.275 e. The summed E-state index contributed by atoms with van der Waals surface area (Å²) in [6.45, 7) is 6.65. The van der Waals surface area contributed by atoms with Crippen LogP contribution in [0.15, 0.2) is 40.5 Å². The van der Waals surface area contributed by atoms with Crippen LogP contribution < -0.4 is 15.8 Å². The zero-order chi connectivity index (χ0) is 19.6. The number of benzene rings is 1. The number of likely N-dealkylation sites (N-methyl/N-ethyl adjacent to an activating group) is 1. The van der Waals surface area contributed by atoms with E-state index >= 15 is 0 Å². The summed E-state index contributed by atoms with van der Waals surface area (Å²) in [5.74, 6) is 0.570. The molecule has 142 valence electrons. The molecule has 1 atom stereocenters. The van der Waals surface area contributed by atoms with Gasteiger partial charge < -0.3 is 15.2 Å². The van der Waals surface area contributed by atoms with Gasteiger partial charge in [-0.2, -0.15) is 0 Å². The van der Waals surface area contributed by atoms with Crippen molar-refractivity contribution >= 4 is 27.5 Å². The second-order valence-corrected chi connectivity index (χ2v) is 8.68. The number of H-pyrrole nitrogens is 1. The van der Waals surface area contributed by atoms with Crippen LogP contribution in [0.1, 0.15) is 26.6 Å². The van der Waals surface area contributed by atoms with Crippen molar-refractivity contribution in [3.05, 3.63) is 51.9 Å². The first-order valence-corrected chi connectivity index (χ1v) is 9.79. The number of hydrogen-bond acceptors (Lipinski definition) is 4. The van der Waals surface area contributed by atoms with Gasteiger partial charge in [0.1, 0.15) is 11.4 Å². The largest absolute Gasteiger partial charge is 0.347 e. The summed E-state index contributed by atoms with van der Waals surface area (Å²) in [4.78, 5) is 33.9. The zero-order valence-corrected chi connectivity index (χ0v) is 16.9. The maximum Gasteiger partial charge on any atom is 0.275 e. The van der Waals surface area contributed by atoms with Gasteiger partial charge in [-0.3, -0.25) is 9.59 Å². The van der Waals surface area contributed by atoms with Crippen molar-refractivity contribution in [2.75, 3.05) is 13.6 Å². The molecule has 1 aromatic carbocycles. The molecular weight excluding hydrogens is 360 g/mol. The van der Waals surface area contributed by atoms with Crippen LogP contribution >= 0.6 is 11.3 Å². The van der Waals surface area contributed by atoms with Gasteiger partial charge in [-0.15, -0.1) is 11.3 Å². The highest BCUT2D eigenvalue weighted by Gasteiger charge is 2.19. The van der Waals surface area contributed by atoms with Crippen molar-refractivity contribution in [3.8, 4) is 11.1 Å². The average Bonchev–Trinajstić information content (AvgIpc) is 2.98. The number of thiophene rings is 1. The summed E-state index contributed by atoms with van der Waals surface area (Å²) < 4.78 is 0. The predicted molar refractivity (Wildman–Crippen MR) is 109 cm³/mol. The molecule has 3 N–H and O–H groups in total. The lowest BCUT2D eigenvalue weighted by Crippen LogP contribution is -3.09. The number of hydrogen-bond donors (Lipinski definition) is 3. The van der Waals surface area contributed by atoms with Crippen LogP contribution in [0.3, 0.4) is 0 Å². The van der Waals surface area contributed by atoms with Crippen molar-refractivity contribution in [2.24, 2.45) is 0 Å². The van der Waals surface area contributed by atoms with Gasteiger partial charge in [0.25, 0.3) is 11.5 Å². The SMILES string of the molecule is C[NH+](CC(=O)NC(C)(C)C)Cc1nc2scc(-c3ccccc3)c2c(=O)[nH]1. The van der Waals surface area contributed by atoms with E-state index in [2.05, 4.69) is 15.3 Å². The van der Waals surface area contributed by atoms with Crippen LogP contribution in [0.25, 0.3) is 21.3 Å². The fourth-order valence-corrected chi connectivity index (χ4v) is 3.96. The number of rotatable bonds is 5. The molecule has 7 heteroatoms. The molecular formula is C20H25N4O2S+. The quantitative estimate of drug-likeness (QED) is 0.624. The predicted octanol–water partition coefficient (Wildman–Crippen LogP) is 1.58. The monoisotopic (exact) mass is 385 g/mol. The third-order valence-electron chi connectivity index (χ3n) is 4.02. The van der Waals surface area contributed by atoms with E-state index in [0.29, 0.717) is 24.3 Å². The molecule has 0 aliphatic rings. The fourth-order valence-electron chi connectivity index (χ4n) is 2.99. The molecule has 2 heterocycles. The van der Waals surface area contributed by atoms with E-state index < -0.39 is 0 Å². The second-order valence-electron chi connectivity index (χ2n) is 7.82. The molecule has 0 bridgehead atoms. The van der Waals surface area contributed by atoms with Gasteiger partial charge in [-0.1, -0.05) is 30.3 Å². The highest BCUT2D eigenvalue weighted by Crippen LogP contribution is 2.30. The molecule has 0 fully saturated rings. The minimum atomic E-state index is -0.256. The van der Waals surface area contributed by atoms with Crippen LogP contribution in [-0.4, -0.2) is 35.0 Å². The first kappa shape index (κ1) is 19.3. The molecule has 0 spiro atoms.